The van der Waals surface area contributed by atoms with E-state index in [0.717, 1.165) is 41.0 Å². The minimum Gasteiger partial charge on any atom is -0.497 e. The fourth-order valence-electron chi connectivity index (χ4n) is 3.45. The highest BCUT2D eigenvalue weighted by Gasteiger charge is 2.51. The number of rotatable bonds is 6. The summed E-state index contributed by atoms with van der Waals surface area (Å²) in [5, 5.41) is 3.01. The zero-order valence-electron chi connectivity index (χ0n) is 16.7. The second-order valence-corrected chi connectivity index (χ2v) is 7.22. The van der Waals surface area contributed by atoms with Gasteiger partial charge in [0, 0.05) is 17.8 Å². The van der Waals surface area contributed by atoms with Crippen LogP contribution >= 0.6 is 0 Å². The number of nitrogens with zero attached hydrogens (tertiary/aromatic N) is 2. The number of aryl methyl sites for hydroxylation is 1. The van der Waals surface area contributed by atoms with Gasteiger partial charge in [-0.15, -0.1) is 0 Å². The molecule has 0 saturated heterocycles. The molecule has 6 heteroatoms. The van der Waals surface area contributed by atoms with Crippen LogP contribution in [0.25, 0.3) is 11.3 Å². The predicted octanol–water partition coefficient (Wildman–Crippen LogP) is 4.14. The molecule has 1 aliphatic carbocycles. The number of pyridine rings is 2. The summed E-state index contributed by atoms with van der Waals surface area (Å²) in [5.74, 6) is 1.83. The Hall–Kier alpha value is -3.41. The van der Waals surface area contributed by atoms with Gasteiger partial charge in [0.25, 0.3) is 0 Å². The van der Waals surface area contributed by atoms with Crippen LogP contribution in [-0.4, -0.2) is 30.1 Å². The molecular formula is C23H23N3O3. The molecule has 29 heavy (non-hydrogen) atoms. The fourth-order valence-corrected chi connectivity index (χ4v) is 3.45. The first-order valence-electron chi connectivity index (χ1n) is 9.50. The van der Waals surface area contributed by atoms with Gasteiger partial charge in [-0.3, -0.25) is 4.79 Å². The molecular weight excluding hydrogens is 366 g/mol. The highest BCUT2D eigenvalue weighted by Crippen LogP contribution is 2.49. The van der Waals surface area contributed by atoms with Crippen LogP contribution in [0, 0.1) is 6.92 Å². The average molecular weight is 389 g/mol. The number of anilines is 1. The van der Waals surface area contributed by atoms with E-state index in [4.69, 9.17) is 9.47 Å². The number of aromatic nitrogens is 2. The standard InChI is InChI=1S/C23H23N3O3/c1-15-4-10-19(25-21(15)16-5-11-20(29-3)24-14-16)26-22(27)23(12-13-23)17-6-8-18(28-2)9-7-17/h4-11,14H,12-13H2,1-3H3,(H,25,26,27). The molecule has 0 unspecified atom stereocenters. The second-order valence-electron chi connectivity index (χ2n) is 7.22. The Morgan fingerprint density at radius 1 is 1.00 bits per heavy atom. The van der Waals surface area contributed by atoms with Crippen molar-refractivity contribution in [1.29, 1.82) is 0 Å². The number of hydrogen-bond acceptors (Lipinski definition) is 5. The summed E-state index contributed by atoms with van der Waals surface area (Å²) >= 11 is 0. The van der Waals surface area contributed by atoms with Crippen molar-refractivity contribution in [1.82, 2.24) is 9.97 Å². The van der Waals surface area contributed by atoms with Gasteiger partial charge in [-0.2, -0.15) is 0 Å². The number of ether oxygens (including phenoxy) is 2. The Balaban J connectivity index is 1.56. The molecule has 3 aromatic rings. The van der Waals surface area contributed by atoms with E-state index in [1.54, 1.807) is 26.5 Å². The lowest BCUT2D eigenvalue weighted by atomic mass is 9.95. The van der Waals surface area contributed by atoms with Crippen LogP contribution in [0.1, 0.15) is 24.0 Å². The third-order valence-electron chi connectivity index (χ3n) is 5.38. The molecule has 148 valence electrons. The second kappa shape index (κ2) is 7.54. The number of methoxy groups -OCH3 is 2. The van der Waals surface area contributed by atoms with Crippen molar-refractivity contribution in [3.05, 3.63) is 65.9 Å². The molecule has 1 aromatic carbocycles. The van der Waals surface area contributed by atoms with E-state index in [-0.39, 0.29) is 5.91 Å². The summed E-state index contributed by atoms with van der Waals surface area (Å²) in [7, 11) is 3.21. The molecule has 0 spiro atoms. The normalized spacial score (nSPS) is 14.2. The third kappa shape index (κ3) is 3.66. The van der Waals surface area contributed by atoms with Crippen LogP contribution in [0.3, 0.4) is 0 Å². The van der Waals surface area contributed by atoms with Crippen LogP contribution in [0.15, 0.2) is 54.7 Å². The molecule has 0 atom stereocenters. The largest absolute Gasteiger partial charge is 0.497 e. The molecule has 1 aliphatic rings. The van der Waals surface area contributed by atoms with Gasteiger partial charge in [0.15, 0.2) is 0 Å². The minimum atomic E-state index is -0.485. The first kappa shape index (κ1) is 18.9. The van der Waals surface area contributed by atoms with E-state index < -0.39 is 5.41 Å². The quantitative estimate of drug-likeness (QED) is 0.686. The van der Waals surface area contributed by atoms with Crippen molar-refractivity contribution in [2.24, 2.45) is 0 Å². The minimum absolute atomic E-state index is 0.0298. The summed E-state index contributed by atoms with van der Waals surface area (Å²) < 4.78 is 10.3. The van der Waals surface area contributed by atoms with E-state index >= 15 is 0 Å². The number of amides is 1. The van der Waals surface area contributed by atoms with Gasteiger partial charge >= 0.3 is 0 Å². The van der Waals surface area contributed by atoms with Gasteiger partial charge in [-0.05, 0) is 55.2 Å². The van der Waals surface area contributed by atoms with Gasteiger partial charge < -0.3 is 14.8 Å². The van der Waals surface area contributed by atoms with Crippen molar-refractivity contribution in [3.63, 3.8) is 0 Å². The summed E-state index contributed by atoms with van der Waals surface area (Å²) in [6.45, 7) is 1.98. The molecule has 0 aliphatic heterocycles. The smallest absolute Gasteiger partial charge is 0.236 e. The van der Waals surface area contributed by atoms with E-state index in [0.29, 0.717) is 11.7 Å². The summed E-state index contributed by atoms with van der Waals surface area (Å²) in [5.41, 5.74) is 3.18. The maximum atomic E-state index is 13.1. The van der Waals surface area contributed by atoms with Crippen LogP contribution in [0.4, 0.5) is 5.82 Å². The topological polar surface area (TPSA) is 73.3 Å². The fraction of sp³-hybridized carbons (Fsp3) is 0.261. The van der Waals surface area contributed by atoms with Crippen LogP contribution in [0.5, 0.6) is 11.6 Å². The van der Waals surface area contributed by atoms with E-state index in [2.05, 4.69) is 15.3 Å². The van der Waals surface area contributed by atoms with Crippen LogP contribution < -0.4 is 14.8 Å². The lowest BCUT2D eigenvalue weighted by Gasteiger charge is -2.16. The van der Waals surface area contributed by atoms with Gasteiger partial charge in [0.2, 0.25) is 11.8 Å². The maximum absolute atomic E-state index is 13.1. The number of carbonyl (C=O) groups is 1. The zero-order chi connectivity index (χ0) is 20.4. The summed E-state index contributed by atoms with van der Waals surface area (Å²) in [4.78, 5) is 22.0. The third-order valence-corrected chi connectivity index (χ3v) is 5.38. The van der Waals surface area contributed by atoms with Gasteiger partial charge in [0.05, 0.1) is 25.3 Å². The average Bonchev–Trinajstić information content (AvgIpc) is 3.57. The molecule has 4 rings (SSSR count). The lowest BCUT2D eigenvalue weighted by Crippen LogP contribution is -2.28. The van der Waals surface area contributed by atoms with Crippen LogP contribution in [-0.2, 0) is 10.2 Å². The predicted molar refractivity (Wildman–Crippen MR) is 111 cm³/mol. The number of hydrogen-bond donors (Lipinski definition) is 1. The Morgan fingerprint density at radius 3 is 2.34 bits per heavy atom. The zero-order valence-corrected chi connectivity index (χ0v) is 16.7. The van der Waals surface area contributed by atoms with Crippen molar-refractivity contribution in [2.45, 2.75) is 25.2 Å². The number of benzene rings is 1. The molecule has 2 aromatic heterocycles. The van der Waals surface area contributed by atoms with E-state index in [1.165, 1.54) is 0 Å². The van der Waals surface area contributed by atoms with Gasteiger partial charge in [-0.25, -0.2) is 9.97 Å². The molecule has 6 nitrogen and oxygen atoms in total. The molecule has 2 heterocycles. The number of carbonyl (C=O) groups excluding carboxylic acids is 1. The van der Waals surface area contributed by atoms with Crippen molar-refractivity contribution < 1.29 is 14.3 Å². The molecule has 1 N–H and O–H groups in total. The van der Waals surface area contributed by atoms with Gasteiger partial charge in [-0.1, -0.05) is 18.2 Å². The Labute approximate surface area is 169 Å². The first-order valence-corrected chi connectivity index (χ1v) is 9.50. The molecule has 0 bridgehead atoms. The monoisotopic (exact) mass is 389 g/mol. The molecule has 0 radical (unpaired) electrons. The Morgan fingerprint density at radius 2 is 1.76 bits per heavy atom. The summed E-state index contributed by atoms with van der Waals surface area (Å²) in [6, 6.07) is 15.2. The Kier molecular flexibility index (Phi) is 4.92. The van der Waals surface area contributed by atoms with Crippen molar-refractivity contribution in [3.8, 4) is 22.9 Å². The van der Waals surface area contributed by atoms with Crippen molar-refractivity contribution >= 4 is 11.7 Å². The van der Waals surface area contributed by atoms with E-state index in [1.807, 2.05) is 49.4 Å². The summed E-state index contributed by atoms with van der Waals surface area (Å²) in [6.07, 6.45) is 3.37. The molecule has 1 fully saturated rings. The number of nitrogens with one attached hydrogen (secondary N) is 1. The Bertz CT molecular complexity index is 1030. The highest BCUT2D eigenvalue weighted by molar-refractivity contribution is 6.01. The van der Waals surface area contributed by atoms with Crippen LogP contribution in [0.2, 0.25) is 0 Å². The maximum Gasteiger partial charge on any atom is 0.236 e. The van der Waals surface area contributed by atoms with E-state index in [9.17, 15) is 4.79 Å². The van der Waals surface area contributed by atoms with Crippen molar-refractivity contribution in [2.75, 3.05) is 19.5 Å². The first-order chi connectivity index (χ1) is 14.1. The highest BCUT2D eigenvalue weighted by atomic mass is 16.5. The SMILES string of the molecule is COc1ccc(C2(C(=O)Nc3ccc(C)c(-c4ccc(OC)nc4)n3)CC2)cc1. The molecule has 1 amide bonds. The van der Waals surface area contributed by atoms with Gasteiger partial charge in [0.1, 0.15) is 11.6 Å². The lowest BCUT2D eigenvalue weighted by molar-refractivity contribution is -0.118. The molecule has 1 saturated carbocycles.